The van der Waals surface area contributed by atoms with Gasteiger partial charge < -0.3 is 19.1 Å². The van der Waals surface area contributed by atoms with Crippen molar-refractivity contribution in [2.45, 2.75) is 13.8 Å². The predicted octanol–water partition coefficient (Wildman–Crippen LogP) is 4.26. The Labute approximate surface area is 160 Å². The Balaban J connectivity index is 2.11. The molecule has 1 heterocycles. The molecule has 5 nitrogen and oxygen atoms in total. The van der Waals surface area contributed by atoms with Crippen LogP contribution in [0.5, 0.6) is 17.2 Å². The third-order valence-corrected chi connectivity index (χ3v) is 4.51. The summed E-state index contributed by atoms with van der Waals surface area (Å²) in [7, 11) is 4.72. The molecule has 0 saturated carbocycles. The maximum Gasteiger partial charge on any atom is 0.259 e. The number of ether oxygens (including phenoxy) is 3. The zero-order chi connectivity index (χ0) is 19.6. The highest BCUT2D eigenvalue weighted by Gasteiger charge is 2.32. The van der Waals surface area contributed by atoms with Crippen LogP contribution in [0.3, 0.4) is 0 Å². The van der Waals surface area contributed by atoms with Crippen LogP contribution in [0.4, 0.5) is 5.69 Å². The lowest BCUT2D eigenvalue weighted by Gasteiger charge is -2.19. The van der Waals surface area contributed by atoms with E-state index in [1.54, 1.807) is 21.3 Å². The number of fused-ring (bicyclic) bond motifs is 1. The highest BCUT2D eigenvalue weighted by Crippen LogP contribution is 2.41. The van der Waals surface area contributed by atoms with Crippen LogP contribution in [0.15, 0.2) is 36.4 Å². The lowest BCUT2D eigenvalue weighted by atomic mass is 10.0. The van der Waals surface area contributed by atoms with Gasteiger partial charge in [0.1, 0.15) is 0 Å². The highest BCUT2D eigenvalue weighted by molar-refractivity contribution is 6.35. The van der Waals surface area contributed by atoms with E-state index in [2.05, 4.69) is 13.8 Å². The monoisotopic (exact) mass is 367 g/mol. The lowest BCUT2D eigenvalue weighted by molar-refractivity contribution is -0.113. The molecule has 1 aliphatic rings. The molecule has 27 heavy (non-hydrogen) atoms. The standard InChI is InChI=1S/C22H25NO4/c1-14(2)13-23-18-9-7-6-8-16(18)17(22(23)24)10-15-11-19(25-3)21(27-5)20(12-15)26-4/h6-12,14H,13H2,1-5H3/b17-10-. The molecule has 0 fully saturated rings. The minimum absolute atomic E-state index is 0.0126. The summed E-state index contributed by atoms with van der Waals surface area (Å²) >= 11 is 0. The Morgan fingerprint density at radius 1 is 1.00 bits per heavy atom. The summed E-state index contributed by atoms with van der Waals surface area (Å²) in [5.74, 6) is 2.03. The Morgan fingerprint density at radius 2 is 1.63 bits per heavy atom. The van der Waals surface area contributed by atoms with Crippen LogP contribution in [0, 0.1) is 5.92 Å². The molecular weight excluding hydrogens is 342 g/mol. The Kier molecular flexibility index (Phi) is 5.40. The first-order chi connectivity index (χ1) is 13.0. The third kappa shape index (κ3) is 3.50. The van der Waals surface area contributed by atoms with E-state index in [1.807, 2.05) is 47.4 Å². The van der Waals surface area contributed by atoms with Crippen LogP contribution in [0.2, 0.25) is 0 Å². The molecule has 0 aromatic heterocycles. The Hall–Kier alpha value is -2.95. The van der Waals surface area contributed by atoms with Gasteiger partial charge in [-0.2, -0.15) is 0 Å². The number of hydrogen-bond donors (Lipinski definition) is 0. The largest absolute Gasteiger partial charge is 0.493 e. The fourth-order valence-electron chi connectivity index (χ4n) is 3.34. The molecule has 2 aromatic carbocycles. The summed E-state index contributed by atoms with van der Waals surface area (Å²) in [4.78, 5) is 15.0. The van der Waals surface area contributed by atoms with Gasteiger partial charge in [0, 0.05) is 17.7 Å². The number of para-hydroxylation sites is 1. The molecule has 3 rings (SSSR count). The molecular formula is C22H25NO4. The maximum absolute atomic E-state index is 13.1. The number of anilines is 1. The first kappa shape index (κ1) is 18.8. The van der Waals surface area contributed by atoms with Crippen molar-refractivity contribution in [2.75, 3.05) is 32.8 Å². The summed E-state index contributed by atoms with van der Waals surface area (Å²) in [6.45, 7) is 4.90. The van der Waals surface area contributed by atoms with Gasteiger partial charge in [-0.25, -0.2) is 0 Å². The van der Waals surface area contributed by atoms with Crippen molar-refractivity contribution in [1.82, 2.24) is 0 Å². The van der Waals surface area contributed by atoms with Gasteiger partial charge >= 0.3 is 0 Å². The Morgan fingerprint density at radius 3 is 2.19 bits per heavy atom. The zero-order valence-electron chi connectivity index (χ0n) is 16.4. The van der Waals surface area contributed by atoms with Gasteiger partial charge in [0.2, 0.25) is 5.75 Å². The van der Waals surface area contributed by atoms with E-state index in [4.69, 9.17) is 14.2 Å². The van der Waals surface area contributed by atoms with Gasteiger partial charge in [-0.05, 0) is 35.8 Å². The summed E-state index contributed by atoms with van der Waals surface area (Å²) < 4.78 is 16.2. The number of nitrogens with zero attached hydrogens (tertiary/aromatic N) is 1. The molecule has 0 saturated heterocycles. The molecule has 0 aliphatic carbocycles. The van der Waals surface area contributed by atoms with E-state index in [1.165, 1.54) is 0 Å². The average Bonchev–Trinajstić information content (AvgIpc) is 2.92. The SMILES string of the molecule is COc1cc(/C=C2\C(=O)N(CC(C)C)c3ccccc32)cc(OC)c1OC. The average molecular weight is 367 g/mol. The van der Waals surface area contributed by atoms with E-state index in [0.717, 1.165) is 16.8 Å². The van der Waals surface area contributed by atoms with E-state index >= 15 is 0 Å². The number of rotatable bonds is 6. The van der Waals surface area contributed by atoms with Crippen LogP contribution in [0.25, 0.3) is 11.6 Å². The smallest absolute Gasteiger partial charge is 0.259 e. The van der Waals surface area contributed by atoms with Crippen molar-refractivity contribution >= 4 is 23.2 Å². The van der Waals surface area contributed by atoms with Crippen molar-refractivity contribution in [3.05, 3.63) is 47.5 Å². The number of carbonyl (C=O) groups excluding carboxylic acids is 1. The molecule has 1 aliphatic heterocycles. The first-order valence-electron chi connectivity index (χ1n) is 8.93. The molecule has 5 heteroatoms. The number of methoxy groups -OCH3 is 3. The molecule has 0 atom stereocenters. The maximum atomic E-state index is 13.1. The van der Waals surface area contributed by atoms with Crippen molar-refractivity contribution in [3.63, 3.8) is 0 Å². The van der Waals surface area contributed by atoms with E-state index in [9.17, 15) is 4.79 Å². The number of benzene rings is 2. The van der Waals surface area contributed by atoms with Crippen molar-refractivity contribution in [1.29, 1.82) is 0 Å². The fraction of sp³-hybridized carbons (Fsp3) is 0.318. The molecule has 0 bridgehead atoms. The Bertz CT molecular complexity index is 861. The van der Waals surface area contributed by atoms with Crippen molar-refractivity contribution < 1.29 is 19.0 Å². The number of amides is 1. The molecule has 142 valence electrons. The van der Waals surface area contributed by atoms with Gasteiger partial charge in [-0.3, -0.25) is 4.79 Å². The number of carbonyl (C=O) groups is 1. The second-order valence-corrected chi connectivity index (χ2v) is 6.84. The van der Waals surface area contributed by atoms with Crippen molar-refractivity contribution in [3.8, 4) is 17.2 Å². The summed E-state index contributed by atoms with van der Waals surface area (Å²) in [5.41, 5.74) is 3.38. The van der Waals surface area contributed by atoms with Crippen LogP contribution in [-0.2, 0) is 4.79 Å². The fourth-order valence-corrected chi connectivity index (χ4v) is 3.34. The van der Waals surface area contributed by atoms with Gasteiger partial charge in [-0.1, -0.05) is 32.0 Å². The molecule has 0 unspecified atom stereocenters. The van der Waals surface area contributed by atoms with Crippen LogP contribution >= 0.6 is 0 Å². The minimum atomic E-state index is 0.0126. The summed E-state index contributed by atoms with van der Waals surface area (Å²) in [6, 6.07) is 11.6. The second kappa shape index (κ2) is 7.74. The normalized spacial score (nSPS) is 14.7. The lowest BCUT2D eigenvalue weighted by Crippen LogP contribution is -2.30. The van der Waals surface area contributed by atoms with Gasteiger partial charge in [0.25, 0.3) is 5.91 Å². The van der Waals surface area contributed by atoms with Crippen LogP contribution in [0.1, 0.15) is 25.0 Å². The minimum Gasteiger partial charge on any atom is -0.493 e. The molecule has 1 amide bonds. The molecule has 0 spiro atoms. The molecule has 0 radical (unpaired) electrons. The van der Waals surface area contributed by atoms with Gasteiger partial charge in [0.05, 0.1) is 27.0 Å². The van der Waals surface area contributed by atoms with Gasteiger partial charge in [0.15, 0.2) is 11.5 Å². The predicted molar refractivity (Wildman–Crippen MR) is 108 cm³/mol. The van der Waals surface area contributed by atoms with Crippen LogP contribution in [-0.4, -0.2) is 33.8 Å². The van der Waals surface area contributed by atoms with Crippen LogP contribution < -0.4 is 19.1 Å². The molecule has 2 aromatic rings. The molecule has 0 N–H and O–H groups in total. The van der Waals surface area contributed by atoms with Crippen molar-refractivity contribution in [2.24, 2.45) is 5.92 Å². The highest BCUT2D eigenvalue weighted by atomic mass is 16.5. The first-order valence-corrected chi connectivity index (χ1v) is 8.93. The van der Waals surface area contributed by atoms with E-state index in [0.29, 0.717) is 35.3 Å². The second-order valence-electron chi connectivity index (χ2n) is 6.84. The third-order valence-electron chi connectivity index (χ3n) is 4.51. The van der Waals surface area contributed by atoms with E-state index in [-0.39, 0.29) is 5.91 Å². The number of hydrogen-bond acceptors (Lipinski definition) is 4. The van der Waals surface area contributed by atoms with Gasteiger partial charge in [-0.15, -0.1) is 0 Å². The summed E-state index contributed by atoms with van der Waals surface area (Å²) in [6.07, 6.45) is 1.88. The quantitative estimate of drug-likeness (QED) is 0.716. The summed E-state index contributed by atoms with van der Waals surface area (Å²) in [5, 5.41) is 0. The zero-order valence-corrected chi connectivity index (χ0v) is 16.4. The topological polar surface area (TPSA) is 48.0 Å². The van der Waals surface area contributed by atoms with E-state index < -0.39 is 0 Å².